The van der Waals surface area contributed by atoms with Gasteiger partial charge in [-0.25, -0.2) is 4.79 Å². The monoisotopic (exact) mass is 233 g/mol. The molecule has 0 aliphatic rings. The summed E-state index contributed by atoms with van der Waals surface area (Å²) in [4.78, 5) is 11.0. The van der Waals surface area contributed by atoms with Crippen LogP contribution in [0.3, 0.4) is 0 Å². The van der Waals surface area contributed by atoms with Crippen LogP contribution in [0.5, 0.6) is 5.75 Å². The first-order valence-corrected chi connectivity index (χ1v) is 3.99. The topological polar surface area (TPSA) is 51.5 Å². The predicted octanol–water partition coefficient (Wildman–Crippen LogP) is 1.28. The Morgan fingerprint density at radius 1 is 1.75 bits per heavy atom. The zero-order valence-electron chi connectivity index (χ0n) is 6.67. The van der Waals surface area contributed by atoms with E-state index in [9.17, 15) is 9.90 Å². The summed E-state index contributed by atoms with van der Waals surface area (Å²) in [6.45, 7) is 0. The lowest BCUT2D eigenvalue weighted by Crippen LogP contribution is -2.06. The summed E-state index contributed by atoms with van der Waals surface area (Å²) < 4.78 is 6.44. The van der Waals surface area contributed by atoms with E-state index < -0.39 is 5.97 Å². The van der Waals surface area contributed by atoms with Crippen LogP contribution in [0.15, 0.2) is 10.7 Å². The van der Waals surface area contributed by atoms with E-state index in [1.54, 1.807) is 13.2 Å². The number of carbonyl (C=O) groups excluding carboxylic acids is 1. The minimum absolute atomic E-state index is 0.0932. The molecule has 0 saturated carbocycles. The van der Waals surface area contributed by atoms with Gasteiger partial charge in [0, 0.05) is 13.2 Å². The molecule has 1 rings (SSSR count). The normalized spacial score (nSPS) is 9.92. The van der Waals surface area contributed by atoms with E-state index >= 15 is 0 Å². The molecular formula is C7H8BrNO3. The highest BCUT2D eigenvalue weighted by Crippen LogP contribution is 2.29. The number of aryl methyl sites for hydroxylation is 1. The Hall–Kier alpha value is -0.970. The van der Waals surface area contributed by atoms with Crippen molar-refractivity contribution >= 4 is 21.9 Å². The molecule has 1 aromatic heterocycles. The molecule has 0 fully saturated rings. The maximum Gasteiger partial charge on any atom is 0.358 e. The van der Waals surface area contributed by atoms with Crippen molar-refractivity contribution in [2.24, 2.45) is 7.05 Å². The molecule has 1 aromatic rings. The number of hydrogen-bond donors (Lipinski definition) is 1. The second kappa shape index (κ2) is 3.18. The molecule has 0 atom stereocenters. The van der Waals surface area contributed by atoms with E-state index in [-0.39, 0.29) is 11.4 Å². The van der Waals surface area contributed by atoms with Crippen molar-refractivity contribution in [1.82, 2.24) is 4.57 Å². The van der Waals surface area contributed by atoms with Crippen LogP contribution in [0.1, 0.15) is 10.5 Å². The first-order valence-electron chi connectivity index (χ1n) is 3.20. The number of ether oxygens (including phenoxy) is 1. The molecule has 0 spiro atoms. The van der Waals surface area contributed by atoms with Gasteiger partial charge in [-0.05, 0) is 15.9 Å². The molecule has 1 N–H and O–H groups in total. The molecule has 0 bridgehead atoms. The van der Waals surface area contributed by atoms with Crippen molar-refractivity contribution < 1.29 is 14.6 Å². The highest BCUT2D eigenvalue weighted by Gasteiger charge is 2.18. The van der Waals surface area contributed by atoms with Gasteiger partial charge in [-0.15, -0.1) is 0 Å². The summed E-state index contributed by atoms with van der Waals surface area (Å²) in [6.07, 6.45) is 1.58. The lowest BCUT2D eigenvalue weighted by atomic mass is 10.4. The zero-order chi connectivity index (χ0) is 9.30. The molecular weight excluding hydrogens is 226 g/mol. The fraction of sp³-hybridized carbons (Fsp3) is 0.286. The molecule has 0 saturated heterocycles. The molecule has 0 unspecified atom stereocenters. The highest BCUT2D eigenvalue weighted by molar-refractivity contribution is 9.10. The summed E-state index contributed by atoms with van der Waals surface area (Å²) in [5, 5.41) is 9.35. The average molecular weight is 234 g/mol. The lowest BCUT2D eigenvalue weighted by Gasteiger charge is -2.00. The van der Waals surface area contributed by atoms with Gasteiger partial charge in [-0.3, -0.25) is 0 Å². The number of hydrogen-bond acceptors (Lipinski definition) is 3. The van der Waals surface area contributed by atoms with Gasteiger partial charge >= 0.3 is 5.97 Å². The van der Waals surface area contributed by atoms with Crippen LogP contribution in [0.4, 0.5) is 0 Å². The standard InChI is InChI=1S/C7H8BrNO3/c1-9-3-4(8)6(10)5(9)7(11)12-2/h3,10H,1-2H3. The van der Waals surface area contributed by atoms with Gasteiger partial charge < -0.3 is 14.4 Å². The van der Waals surface area contributed by atoms with Gasteiger partial charge in [0.25, 0.3) is 0 Å². The van der Waals surface area contributed by atoms with Gasteiger partial charge in [0.1, 0.15) is 0 Å². The summed E-state index contributed by atoms with van der Waals surface area (Å²) in [7, 11) is 2.92. The zero-order valence-corrected chi connectivity index (χ0v) is 8.25. The number of methoxy groups -OCH3 is 1. The summed E-state index contributed by atoms with van der Waals surface area (Å²) in [5.41, 5.74) is 0.143. The van der Waals surface area contributed by atoms with Gasteiger partial charge in [0.2, 0.25) is 0 Å². The third-order valence-electron chi connectivity index (χ3n) is 1.49. The summed E-state index contributed by atoms with van der Waals surface area (Å²) >= 11 is 3.09. The maximum absolute atomic E-state index is 11.0. The third kappa shape index (κ3) is 1.32. The quantitative estimate of drug-likeness (QED) is 0.744. The van der Waals surface area contributed by atoms with E-state index in [0.29, 0.717) is 4.47 Å². The Balaban J connectivity index is 3.22. The molecule has 4 nitrogen and oxygen atoms in total. The summed E-state index contributed by atoms with van der Waals surface area (Å²) in [5.74, 6) is -0.648. The van der Waals surface area contributed by atoms with Gasteiger partial charge in [0.15, 0.2) is 11.4 Å². The SMILES string of the molecule is COC(=O)c1c(O)c(Br)cn1C. The number of aromatic hydroxyl groups is 1. The van der Waals surface area contributed by atoms with Crippen molar-refractivity contribution in [1.29, 1.82) is 0 Å². The van der Waals surface area contributed by atoms with Crippen molar-refractivity contribution in [3.8, 4) is 5.75 Å². The number of aromatic nitrogens is 1. The third-order valence-corrected chi connectivity index (χ3v) is 2.07. The van der Waals surface area contributed by atoms with Crippen molar-refractivity contribution in [2.45, 2.75) is 0 Å². The molecule has 0 aromatic carbocycles. The van der Waals surface area contributed by atoms with E-state index in [4.69, 9.17) is 0 Å². The Labute approximate surface area is 77.9 Å². The second-order valence-corrected chi connectivity index (χ2v) is 3.13. The van der Waals surface area contributed by atoms with Crippen LogP contribution in [-0.2, 0) is 11.8 Å². The first-order chi connectivity index (χ1) is 5.57. The minimum Gasteiger partial charge on any atom is -0.504 e. The fourth-order valence-electron chi connectivity index (χ4n) is 0.913. The van der Waals surface area contributed by atoms with Crippen LogP contribution in [0.25, 0.3) is 0 Å². The lowest BCUT2D eigenvalue weighted by molar-refractivity contribution is 0.0586. The van der Waals surface area contributed by atoms with Crippen LogP contribution < -0.4 is 0 Å². The van der Waals surface area contributed by atoms with Crippen LogP contribution in [0.2, 0.25) is 0 Å². The molecule has 0 aliphatic carbocycles. The highest BCUT2D eigenvalue weighted by atomic mass is 79.9. The Morgan fingerprint density at radius 3 is 2.67 bits per heavy atom. The largest absolute Gasteiger partial charge is 0.504 e. The molecule has 0 aliphatic heterocycles. The van der Waals surface area contributed by atoms with Crippen LogP contribution >= 0.6 is 15.9 Å². The Morgan fingerprint density at radius 2 is 2.33 bits per heavy atom. The molecule has 0 radical (unpaired) electrons. The van der Waals surface area contributed by atoms with Gasteiger partial charge in [-0.1, -0.05) is 0 Å². The van der Waals surface area contributed by atoms with E-state index in [2.05, 4.69) is 20.7 Å². The molecule has 1 heterocycles. The van der Waals surface area contributed by atoms with Crippen molar-refractivity contribution in [3.63, 3.8) is 0 Å². The minimum atomic E-state index is -0.555. The number of nitrogens with zero attached hydrogens (tertiary/aromatic N) is 1. The molecule has 66 valence electrons. The number of rotatable bonds is 1. The van der Waals surface area contributed by atoms with Crippen LogP contribution in [0, 0.1) is 0 Å². The van der Waals surface area contributed by atoms with E-state index in [1.165, 1.54) is 11.7 Å². The Bertz CT molecular complexity index is 319. The molecule has 12 heavy (non-hydrogen) atoms. The Kier molecular flexibility index (Phi) is 2.42. The van der Waals surface area contributed by atoms with Crippen molar-refractivity contribution in [3.05, 3.63) is 16.4 Å². The number of esters is 1. The van der Waals surface area contributed by atoms with Crippen molar-refractivity contribution in [2.75, 3.05) is 7.11 Å². The van der Waals surface area contributed by atoms with Gasteiger partial charge in [0.05, 0.1) is 11.6 Å². The number of halogens is 1. The summed E-state index contributed by atoms with van der Waals surface area (Å²) in [6, 6.07) is 0. The first kappa shape index (κ1) is 9.12. The van der Waals surface area contributed by atoms with E-state index in [1.807, 2.05) is 0 Å². The molecule has 0 amide bonds. The molecule has 5 heteroatoms. The van der Waals surface area contributed by atoms with E-state index in [0.717, 1.165) is 0 Å². The van der Waals surface area contributed by atoms with Crippen LogP contribution in [-0.4, -0.2) is 22.8 Å². The van der Waals surface area contributed by atoms with Gasteiger partial charge in [-0.2, -0.15) is 0 Å². The maximum atomic E-state index is 11.0. The fourth-order valence-corrected chi connectivity index (χ4v) is 1.41. The second-order valence-electron chi connectivity index (χ2n) is 2.28. The average Bonchev–Trinajstić information content (AvgIpc) is 2.26. The number of carbonyl (C=O) groups is 1. The smallest absolute Gasteiger partial charge is 0.358 e. The predicted molar refractivity (Wildman–Crippen MR) is 46.1 cm³/mol.